The van der Waals surface area contributed by atoms with Crippen molar-refractivity contribution >= 4 is 22.6 Å². The number of aromatic nitrogens is 4. The first kappa shape index (κ1) is 21.5. The molecule has 1 saturated carbocycles. The van der Waals surface area contributed by atoms with Crippen LogP contribution in [0.2, 0.25) is 0 Å². The molecule has 2 amide bonds. The lowest BCUT2D eigenvalue weighted by Crippen LogP contribution is -2.37. The van der Waals surface area contributed by atoms with E-state index in [1.165, 1.54) is 12.8 Å². The molecule has 8 nitrogen and oxygen atoms in total. The Morgan fingerprint density at radius 3 is 2.63 bits per heavy atom. The molecule has 1 aliphatic carbocycles. The van der Waals surface area contributed by atoms with Crippen molar-refractivity contribution in [1.29, 1.82) is 0 Å². The van der Waals surface area contributed by atoms with Gasteiger partial charge in [-0.2, -0.15) is 0 Å². The Bertz CT molecular complexity index is 1470. The molecule has 1 N–H and O–H groups in total. The molecule has 6 rings (SSSR count). The van der Waals surface area contributed by atoms with E-state index in [9.17, 15) is 9.59 Å². The summed E-state index contributed by atoms with van der Waals surface area (Å²) in [4.78, 5) is 40.0. The molecule has 0 saturated heterocycles. The molecule has 176 valence electrons. The van der Waals surface area contributed by atoms with Crippen LogP contribution in [0.15, 0.2) is 48.8 Å². The Kier molecular flexibility index (Phi) is 5.09. The summed E-state index contributed by atoms with van der Waals surface area (Å²) in [5.74, 6) is 1.56. The Morgan fingerprint density at radius 2 is 1.91 bits per heavy atom. The lowest BCUT2D eigenvalue weighted by atomic mass is 10.0. The second kappa shape index (κ2) is 8.30. The minimum Gasteiger partial charge on any atom is -0.354 e. The minimum atomic E-state index is -0.218. The number of hydrogen-bond acceptors (Lipinski definition) is 5. The van der Waals surface area contributed by atoms with Crippen LogP contribution in [0.3, 0.4) is 0 Å². The van der Waals surface area contributed by atoms with Crippen LogP contribution in [0.5, 0.6) is 0 Å². The molecule has 0 radical (unpaired) electrons. The fourth-order valence-corrected chi connectivity index (χ4v) is 4.88. The monoisotopic (exact) mass is 466 g/mol. The van der Waals surface area contributed by atoms with E-state index in [0.717, 1.165) is 57.9 Å². The Hall–Kier alpha value is -4.07. The molecule has 4 heterocycles. The van der Waals surface area contributed by atoms with Gasteiger partial charge < -0.3 is 14.8 Å². The third-order valence-electron chi connectivity index (χ3n) is 6.96. The second-order valence-corrected chi connectivity index (χ2v) is 9.24. The van der Waals surface area contributed by atoms with E-state index in [2.05, 4.69) is 27.0 Å². The summed E-state index contributed by atoms with van der Waals surface area (Å²) in [5, 5.41) is 4.66. The molecule has 0 atom stereocenters. The second-order valence-electron chi connectivity index (χ2n) is 9.24. The number of benzene rings is 1. The predicted octanol–water partition coefficient (Wildman–Crippen LogP) is 3.76. The minimum absolute atomic E-state index is 0.0941. The number of fused-ring (bicyclic) bond motifs is 2. The van der Waals surface area contributed by atoms with Crippen molar-refractivity contribution in [3.05, 3.63) is 66.0 Å². The van der Waals surface area contributed by atoms with Crippen molar-refractivity contribution in [3.8, 4) is 22.5 Å². The number of rotatable bonds is 4. The molecule has 0 bridgehead atoms. The Morgan fingerprint density at radius 1 is 1.06 bits per heavy atom. The largest absolute Gasteiger partial charge is 0.354 e. The standard InChI is InChI=1S/C27H26N6O2/c1-16(34)32-10-11-33-24(15-32)25(31-26(33)17-6-7-17)20-5-3-4-18-12-23(30-14-21(18)20)19-8-9-22(29-13-19)27(35)28-2/h3-5,8-9,12-14,17H,6-7,10-11,15H2,1-2H3,(H,28,35). The molecule has 0 unspecified atom stereocenters. The van der Waals surface area contributed by atoms with Gasteiger partial charge in [0.15, 0.2) is 0 Å². The highest BCUT2D eigenvalue weighted by Crippen LogP contribution is 2.43. The van der Waals surface area contributed by atoms with Gasteiger partial charge in [0.1, 0.15) is 11.5 Å². The Labute approximate surface area is 203 Å². The van der Waals surface area contributed by atoms with Gasteiger partial charge in [0.2, 0.25) is 5.91 Å². The maximum Gasteiger partial charge on any atom is 0.269 e. The highest BCUT2D eigenvalue weighted by Gasteiger charge is 2.34. The Balaban J connectivity index is 1.42. The predicted molar refractivity (Wildman–Crippen MR) is 133 cm³/mol. The molecular formula is C27H26N6O2. The third kappa shape index (κ3) is 3.75. The molecule has 3 aromatic heterocycles. The van der Waals surface area contributed by atoms with Gasteiger partial charge >= 0.3 is 0 Å². The third-order valence-corrected chi connectivity index (χ3v) is 6.96. The highest BCUT2D eigenvalue weighted by molar-refractivity contribution is 5.97. The molecule has 35 heavy (non-hydrogen) atoms. The number of amides is 2. The fourth-order valence-electron chi connectivity index (χ4n) is 4.88. The van der Waals surface area contributed by atoms with Crippen LogP contribution in [-0.2, 0) is 17.9 Å². The summed E-state index contributed by atoms with van der Waals surface area (Å²) in [6.45, 7) is 3.73. The van der Waals surface area contributed by atoms with E-state index < -0.39 is 0 Å². The van der Waals surface area contributed by atoms with E-state index in [0.29, 0.717) is 18.2 Å². The average molecular weight is 467 g/mol. The molecule has 1 fully saturated rings. The fraction of sp³-hybridized carbons (Fsp3) is 0.296. The van der Waals surface area contributed by atoms with E-state index in [4.69, 9.17) is 9.97 Å². The topological polar surface area (TPSA) is 93.0 Å². The molecule has 1 aromatic carbocycles. The SMILES string of the molecule is CNC(=O)c1ccc(-c2cc3cccc(-c4nc(C5CC5)n5c4CN(C(C)=O)CC5)c3cn2)cn1. The van der Waals surface area contributed by atoms with Crippen molar-refractivity contribution in [1.82, 2.24) is 29.7 Å². The van der Waals surface area contributed by atoms with E-state index in [1.807, 2.05) is 29.3 Å². The van der Waals surface area contributed by atoms with Crippen LogP contribution >= 0.6 is 0 Å². The summed E-state index contributed by atoms with van der Waals surface area (Å²) in [6.07, 6.45) is 5.92. The lowest BCUT2D eigenvalue weighted by Gasteiger charge is -2.28. The van der Waals surface area contributed by atoms with Gasteiger partial charge in [0, 0.05) is 61.9 Å². The van der Waals surface area contributed by atoms with Gasteiger partial charge in [-0.25, -0.2) is 4.98 Å². The summed E-state index contributed by atoms with van der Waals surface area (Å²) in [5.41, 5.74) is 5.11. The van der Waals surface area contributed by atoms with Gasteiger partial charge in [0.25, 0.3) is 5.91 Å². The first-order chi connectivity index (χ1) is 17.0. The first-order valence-electron chi connectivity index (χ1n) is 12.0. The number of nitrogens with zero attached hydrogens (tertiary/aromatic N) is 5. The zero-order valence-electron chi connectivity index (χ0n) is 19.8. The smallest absolute Gasteiger partial charge is 0.269 e. The number of nitrogens with one attached hydrogen (secondary N) is 1. The summed E-state index contributed by atoms with van der Waals surface area (Å²) < 4.78 is 2.34. The zero-order valence-corrected chi connectivity index (χ0v) is 19.8. The van der Waals surface area contributed by atoms with Gasteiger partial charge in [-0.05, 0) is 36.4 Å². The van der Waals surface area contributed by atoms with Crippen LogP contribution in [0.1, 0.15) is 47.7 Å². The number of imidazole rings is 1. The van der Waals surface area contributed by atoms with Crippen LogP contribution in [0.4, 0.5) is 0 Å². The van der Waals surface area contributed by atoms with Crippen molar-refractivity contribution in [2.24, 2.45) is 0 Å². The molecule has 1 aliphatic heterocycles. The number of hydrogen-bond donors (Lipinski definition) is 1. The van der Waals surface area contributed by atoms with E-state index in [-0.39, 0.29) is 11.8 Å². The van der Waals surface area contributed by atoms with Crippen LogP contribution in [0, 0.1) is 0 Å². The maximum absolute atomic E-state index is 12.1. The van der Waals surface area contributed by atoms with Crippen molar-refractivity contribution in [2.45, 2.75) is 38.8 Å². The number of carbonyl (C=O) groups excluding carboxylic acids is 2. The highest BCUT2D eigenvalue weighted by atomic mass is 16.2. The van der Waals surface area contributed by atoms with Crippen LogP contribution in [-0.4, -0.2) is 49.8 Å². The zero-order chi connectivity index (χ0) is 24.1. The van der Waals surface area contributed by atoms with Crippen molar-refractivity contribution < 1.29 is 9.59 Å². The lowest BCUT2D eigenvalue weighted by molar-refractivity contribution is -0.130. The van der Waals surface area contributed by atoms with Gasteiger partial charge in [-0.15, -0.1) is 0 Å². The van der Waals surface area contributed by atoms with Gasteiger partial charge in [-0.3, -0.25) is 19.6 Å². The van der Waals surface area contributed by atoms with Gasteiger partial charge in [-0.1, -0.05) is 18.2 Å². The molecular weight excluding hydrogens is 440 g/mol. The summed E-state index contributed by atoms with van der Waals surface area (Å²) in [6, 6.07) is 11.8. The molecule has 0 spiro atoms. The van der Waals surface area contributed by atoms with Crippen molar-refractivity contribution in [3.63, 3.8) is 0 Å². The van der Waals surface area contributed by atoms with Crippen molar-refractivity contribution in [2.75, 3.05) is 13.6 Å². The first-order valence-corrected chi connectivity index (χ1v) is 12.0. The average Bonchev–Trinajstić information content (AvgIpc) is 3.67. The molecule has 8 heteroatoms. The van der Waals surface area contributed by atoms with E-state index in [1.54, 1.807) is 26.2 Å². The summed E-state index contributed by atoms with van der Waals surface area (Å²) in [7, 11) is 1.59. The van der Waals surface area contributed by atoms with Gasteiger partial charge in [0.05, 0.1) is 23.6 Å². The van der Waals surface area contributed by atoms with Crippen LogP contribution < -0.4 is 5.32 Å². The van der Waals surface area contributed by atoms with Crippen LogP contribution in [0.25, 0.3) is 33.3 Å². The summed E-state index contributed by atoms with van der Waals surface area (Å²) >= 11 is 0. The maximum atomic E-state index is 12.1. The molecule has 4 aromatic rings. The normalized spacial score (nSPS) is 15.2. The quantitative estimate of drug-likeness (QED) is 0.494. The number of pyridine rings is 2. The number of carbonyl (C=O) groups is 2. The van der Waals surface area contributed by atoms with E-state index >= 15 is 0 Å². The molecule has 2 aliphatic rings.